The highest BCUT2D eigenvalue weighted by molar-refractivity contribution is 7.90. The van der Waals surface area contributed by atoms with Gasteiger partial charge in [0.05, 0.1) is 12.4 Å². The normalized spacial score (nSPS) is 11.9. The summed E-state index contributed by atoms with van der Waals surface area (Å²) in [6.45, 7) is 4.40. The van der Waals surface area contributed by atoms with Crippen molar-refractivity contribution >= 4 is 15.7 Å². The lowest BCUT2D eigenvalue weighted by Crippen LogP contribution is -2.26. The molecule has 1 aromatic heterocycles. The first-order chi connectivity index (χ1) is 8.73. The molecule has 0 aliphatic heterocycles. The molecule has 1 rings (SSSR count). The summed E-state index contributed by atoms with van der Waals surface area (Å²) in [5.41, 5.74) is 1.69. The first-order valence-electron chi connectivity index (χ1n) is 6.23. The molecule has 0 amide bonds. The molecule has 0 atom stereocenters. The van der Waals surface area contributed by atoms with Crippen molar-refractivity contribution in [1.82, 2.24) is 4.98 Å². The first-order valence-corrected chi connectivity index (χ1v) is 8.29. The molecule has 0 bridgehead atoms. The lowest BCUT2D eigenvalue weighted by molar-refractivity contribution is 0.281. The van der Waals surface area contributed by atoms with Crippen LogP contribution < -0.4 is 4.90 Å². The molecule has 1 heterocycles. The molecule has 108 valence electrons. The molecule has 0 fully saturated rings. The van der Waals surface area contributed by atoms with Crippen molar-refractivity contribution in [2.24, 2.45) is 0 Å². The second-order valence-electron chi connectivity index (χ2n) is 5.12. The van der Waals surface area contributed by atoms with Crippen molar-refractivity contribution in [1.29, 1.82) is 0 Å². The van der Waals surface area contributed by atoms with Gasteiger partial charge in [-0.15, -0.1) is 0 Å². The molecule has 0 saturated carbocycles. The van der Waals surface area contributed by atoms with E-state index in [9.17, 15) is 13.5 Å². The van der Waals surface area contributed by atoms with Crippen LogP contribution in [0.3, 0.4) is 0 Å². The molecular weight excluding hydrogens is 264 g/mol. The summed E-state index contributed by atoms with van der Waals surface area (Å²) < 4.78 is 22.4. The molecular formula is C13H22N2O3S. The van der Waals surface area contributed by atoms with Gasteiger partial charge < -0.3 is 10.0 Å². The monoisotopic (exact) mass is 286 g/mol. The third-order valence-electron chi connectivity index (χ3n) is 2.85. The predicted molar refractivity (Wildman–Crippen MR) is 77.2 cm³/mol. The zero-order valence-corrected chi connectivity index (χ0v) is 12.7. The largest absolute Gasteiger partial charge is 0.392 e. The van der Waals surface area contributed by atoms with Gasteiger partial charge >= 0.3 is 0 Å². The molecule has 0 radical (unpaired) electrons. The minimum Gasteiger partial charge on any atom is -0.392 e. The van der Waals surface area contributed by atoms with Gasteiger partial charge in [0.2, 0.25) is 0 Å². The average molecular weight is 286 g/mol. The Hall–Kier alpha value is -1.14. The summed E-state index contributed by atoms with van der Waals surface area (Å²) in [6.07, 6.45) is 1.22. The van der Waals surface area contributed by atoms with Crippen LogP contribution in [0.4, 0.5) is 5.82 Å². The second-order valence-corrected chi connectivity index (χ2v) is 7.38. The lowest BCUT2D eigenvalue weighted by atomic mass is 10.1. The van der Waals surface area contributed by atoms with Crippen LogP contribution in [0.2, 0.25) is 0 Å². The predicted octanol–water partition coefficient (Wildman–Crippen LogP) is 1.18. The van der Waals surface area contributed by atoms with E-state index in [1.54, 1.807) is 18.0 Å². The van der Waals surface area contributed by atoms with Gasteiger partial charge in [0, 0.05) is 25.5 Å². The first kappa shape index (κ1) is 15.9. The average Bonchev–Trinajstić information content (AvgIpc) is 2.34. The number of sulfone groups is 1. The minimum atomic E-state index is -2.99. The molecule has 0 saturated heterocycles. The number of aliphatic hydroxyl groups is 1. The van der Waals surface area contributed by atoms with Crippen molar-refractivity contribution in [3.05, 3.63) is 23.4 Å². The standard InChI is InChI=1S/C13H22N2O3S/c1-10(2)12-7-11(9-16)8-13(14-12)15(3)5-6-19(4,17)18/h7-8,10,16H,5-6,9H2,1-4H3. The fourth-order valence-corrected chi connectivity index (χ4v) is 2.20. The highest BCUT2D eigenvalue weighted by atomic mass is 32.2. The van der Waals surface area contributed by atoms with Crippen LogP contribution in [-0.4, -0.2) is 44.1 Å². The zero-order chi connectivity index (χ0) is 14.6. The Balaban J connectivity index is 2.95. The maximum absolute atomic E-state index is 11.2. The lowest BCUT2D eigenvalue weighted by Gasteiger charge is -2.20. The molecule has 1 N–H and O–H groups in total. The summed E-state index contributed by atoms with van der Waals surface area (Å²) in [7, 11) is -1.18. The van der Waals surface area contributed by atoms with Gasteiger partial charge in [-0.2, -0.15) is 0 Å². The quantitative estimate of drug-likeness (QED) is 0.850. The van der Waals surface area contributed by atoms with Gasteiger partial charge in [0.1, 0.15) is 15.7 Å². The Bertz CT molecular complexity index is 527. The van der Waals surface area contributed by atoms with Crippen molar-refractivity contribution in [2.75, 3.05) is 30.5 Å². The Morgan fingerprint density at radius 3 is 2.47 bits per heavy atom. The van der Waals surface area contributed by atoms with Crippen LogP contribution in [0.1, 0.15) is 31.0 Å². The molecule has 0 aliphatic rings. The van der Waals surface area contributed by atoms with E-state index < -0.39 is 9.84 Å². The highest BCUT2D eigenvalue weighted by Crippen LogP contribution is 2.19. The maximum Gasteiger partial charge on any atom is 0.149 e. The summed E-state index contributed by atoms with van der Waals surface area (Å²) in [5.74, 6) is 1.04. The van der Waals surface area contributed by atoms with Crippen LogP contribution >= 0.6 is 0 Å². The fourth-order valence-electron chi connectivity index (χ4n) is 1.59. The number of aliphatic hydroxyl groups excluding tert-OH is 1. The molecule has 5 nitrogen and oxygen atoms in total. The van der Waals surface area contributed by atoms with Crippen LogP contribution in [0.5, 0.6) is 0 Å². The summed E-state index contributed by atoms with van der Waals surface area (Å²) in [5, 5.41) is 9.27. The van der Waals surface area contributed by atoms with Crippen LogP contribution in [0.25, 0.3) is 0 Å². The van der Waals surface area contributed by atoms with E-state index in [0.717, 1.165) is 11.3 Å². The topological polar surface area (TPSA) is 70.5 Å². The van der Waals surface area contributed by atoms with Crippen LogP contribution in [0, 0.1) is 0 Å². The zero-order valence-electron chi connectivity index (χ0n) is 11.9. The van der Waals surface area contributed by atoms with E-state index in [-0.39, 0.29) is 18.3 Å². The molecule has 6 heteroatoms. The molecule has 0 aliphatic carbocycles. The van der Waals surface area contributed by atoms with Gasteiger partial charge in [-0.1, -0.05) is 13.8 Å². The Labute approximate surface area is 115 Å². The van der Waals surface area contributed by atoms with Crippen molar-refractivity contribution in [3.8, 4) is 0 Å². The number of anilines is 1. The van der Waals surface area contributed by atoms with Crippen LogP contribution in [0.15, 0.2) is 12.1 Å². The maximum atomic E-state index is 11.2. The van der Waals surface area contributed by atoms with Crippen molar-refractivity contribution in [3.63, 3.8) is 0 Å². The Morgan fingerprint density at radius 1 is 1.37 bits per heavy atom. The van der Waals surface area contributed by atoms with Gasteiger partial charge in [0.25, 0.3) is 0 Å². The van der Waals surface area contributed by atoms with Gasteiger partial charge in [-0.25, -0.2) is 13.4 Å². The van der Waals surface area contributed by atoms with Gasteiger partial charge in [-0.3, -0.25) is 0 Å². The van der Waals surface area contributed by atoms with E-state index in [1.165, 1.54) is 6.26 Å². The smallest absolute Gasteiger partial charge is 0.149 e. The second kappa shape index (κ2) is 6.34. The summed E-state index contributed by atoms with van der Waals surface area (Å²) in [4.78, 5) is 6.30. The number of rotatable bonds is 6. The minimum absolute atomic E-state index is 0.0465. The van der Waals surface area contributed by atoms with E-state index in [4.69, 9.17) is 0 Å². The molecule has 19 heavy (non-hydrogen) atoms. The number of pyridine rings is 1. The number of nitrogens with zero attached hydrogens (tertiary/aromatic N) is 2. The number of hydrogen-bond donors (Lipinski definition) is 1. The Morgan fingerprint density at radius 2 is 2.00 bits per heavy atom. The molecule has 0 aromatic carbocycles. The third kappa shape index (κ3) is 5.16. The molecule has 0 spiro atoms. The summed E-state index contributed by atoms with van der Waals surface area (Å²) >= 11 is 0. The number of aromatic nitrogens is 1. The van der Waals surface area contributed by atoms with Gasteiger partial charge in [-0.05, 0) is 23.6 Å². The van der Waals surface area contributed by atoms with E-state index >= 15 is 0 Å². The third-order valence-corrected chi connectivity index (χ3v) is 3.78. The van der Waals surface area contributed by atoms with Gasteiger partial charge in [0.15, 0.2) is 0 Å². The number of hydrogen-bond acceptors (Lipinski definition) is 5. The Kier molecular flexibility index (Phi) is 5.31. The molecule has 1 aromatic rings. The molecule has 0 unspecified atom stereocenters. The van der Waals surface area contributed by atoms with E-state index in [2.05, 4.69) is 4.98 Å². The van der Waals surface area contributed by atoms with Crippen LogP contribution in [-0.2, 0) is 16.4 Å². The summed E-state index contributed by atoms with van der Waals surface area (Å²) in [6, 6.07) is 3.66. The SMILES string of the molecule is CC(C)c1cc(CO)cc(N(C)CCS(C)(=O)=O)n1. The van der Waals surface area contributed by atoms with Crippen molar-refractivity contribution in [2.45, 2.75) is 26.4 Å². The highest BCUT2D eigenvalue weighted by Gasteiger charge is 2.11. The van der Waals surface area contributed by atoms with E-state index in [1.807, 2.05) is 19.9 Å². The van der Waals surface area contributed by atoms with E-state index in [0.29, 0.717) is 12.4 Å². The van der Waals surface area contributed by atoms with Crippen molar-refractivity contribution < 1.29 is 13.5 Å². The fraction of sp³-hybridized carbons (Fsp3) is 0.615.